The van der Waals surface area contributed by atoms with Gasteiger partial charge in [-0.3, -0.25) is 0 Å². The molecule has 10 aromatic carbocycles. The van der Waals surface area contributed by atoms with E-state index >= 15 is 0 Å². The van der Waals surface area contributed by atoms with Crippen molar-refractivity contribution < 1.29 is 0 Å². The van der Waals surface area contributed by atoms with Crippen LogP contribution in [0.5, 0.6) is 0 Å². The highest BCUT2D eigenvalue weighted by atomic mass is 32.1. The summed E-state index contributed by atoms with van der Waals surface area (Å²) in [6, 6.07) is 84.8. The van der Waals surface area contributed by atoms with Gasteiger partial charge < -0.3 is 4.90 Å². The van der Waals surface area contributed by atoms with Gasteiger partial charge in [-0.2, -0.15) is 0 Å². The molecule has 0 spiro atoms. The minimum absolute atomic E-state index is 0.905. The van der Waals surface area contributed by atoms with Gasteiger partial charge >= 0.3 is 0 Å². The smallest absolute Gasteiger partial charge is 0.124 e. The van der Waals surface area contributed by atoms with Crippen LogP contribution < -0.4 is 4.90 Å². The molecule has 0 bridgehead atoms. The van der Waals surface area contributed by atoms with Gasteiger partial charge in [0, 0.05) is 27.5 Å². The maximum atomic E-state index is 5.04. The normalized spacial score (nSPS) is 11.3. The summed E-state index contributed by atoms with van der Waals surface area (Å²) in [6.07, 6.45) is 0. The Morgan fingerprint density at radius 1 is 0.349 bits per heavy atom. The molecule has 1 heterocycles. The highest BCUT2D eigenvalue weighted by molar-refractivity contribution is 7.80. The van der Waals surface area contributed by atoms with Crippen molar-refractivity contribution in [2.24, 2.45) is 0 Å². The first kappa shape index (κ1) is 38.4. The van der Waals surface area contributed by atoms with Crippen molar-refractivity contribution in [1.29, 1.82) is 0 Å². The van der Waals surface area contributed by atoms with Crippen LogP contribution in [-0.4, -0.2) is 4.98 Å². The van der Waals surface area contributed by atoms with Gasteiger partial charge in [0.2, 0.25) is 0 Å². The maximum absolute atomic E-state index is 5.04. The Labute approximate surface area is 377 Å². The van der Waals surface area contributed by atoms with Gasteiger partial charge in [0.15, 0.2) is 0 Å². The van der Waals surface area contributed by atoms with Crippen LogP contribution in [0.15, 0.2) is 241 Å². The monoisotopic (exact) mass is 840 g/mol. The van der Waals surface area contributed by atoms with Crippen LogP contribution in [0.4, 0.5) is 17.1 Å². The molecular weight excluding hydrogens is 801 g/mol. The summed E-state index contributed by atoms with van der Waals surface area (Å²) in [5, 5.41) is 3.48. The second kappa shape index (κ2) is 16.8. The first-order valence-electron chi connectivity index (χ1n) is 21.2. The van der Waals surface area contributed by atoms with Crippen molar-refractivity contribution in [2.75, 3.05) is 4.90 Å². The minimum atomic E-state index is 0.905. The Morgan fingerprint density at radius 3 is 1.68 bits per heavy atom. The Kier molecular flexibility index (Phi) is 10.2. The fourth-order valence-corrected chi connectivity index (χ4v) is 10.1. The molecule has 0 aliphatic heterocycles. The molecule has 0 atom stereocenters. The van der Waals surface area contributed by atoms with Crippen molar-refractivity contribution in [3.05, 3.63) is 237 Å². The van der Waals surface area contributed by atoms with E-state index in [1.54, 1.807) is 11.3 Å². The third-order valence-corrected chi connectivity index (χ3v) is 13.3. The Bertz CT molecular complexity index is 3390. The molecule has 0 unspecified atom stereocenters. The van der Waals surface area contributed by atoms with Crippen LogP contribution in [0.25, 0.3) is 87.2 Å². The lowest BCUT2D eigenvalue weighted by atomic mass is 9.90. The van der Waals surface area contributed by atoms with Crippen molar-refractivity contribution >= 4 is 62.0 Å². The molecule has 298 valence electrons. The average Bonchev–Trinajstić information content (AvgIpc) is 3.78. The van der Waals surface area contributed by atoms with E-state index in [2.05, 4.69) is 235 Å². The highest BCUT2D eigenvalue weighted by Crippen LogP contribution is 2.45. The van der Waals surface area contributed by atoms with Gasteiger partial charge in [-0.05, 0) is 115 Å². The predicted molar refractivity (Wildman–Crippen MR) is 272 cm³/mol. The van der Waals surface area contributed by atoms with Crippen LogP contribution in [0.2, 0.25) is 0 Å². The van der Waals surface area contributed by atoms with E-state index in [9.17, 15) is 0 Å². The maximum Gasteiger partial charge on any atom is 0.124 e. The van der Waals surface area contributed by atoms with E-state index in [1.165, 1.54) is 38.6 Å². The lowest BCUT2D eigenvalue weighted by molar-refractivity contribution is 1.28. The molecule has 0 aliphatic carbocycles. The van der Waals surface area contributed by atoms with Crippen LogP contribution in [0.1, 0.15) is 0 Å². The van der Waals surface area contributed by atoms with E-state index < -0.39 is 0 Å². The van der Waals surface area contributed by atoms with Gasteiger partial charge in [0.1, 0.15) is 5.01 Å². The SMILES string of the molecule is Sc1cc2nc(-c3ccccc3)sc2cc1-c1ccccc1-c1ccc(N(c2cccc(-c3ccccc3)c2)c2ccc(-c3cccc4ccccc34)c(-c3ccccc3)c2)cc1. The van der Waals surface area contributed by atoms with E-state index in [0.717, 1.165) is 70.6 Å². The Morgan fingerprint density at radius 2 is 0.905 bits per heavy atom. The predicted octanol–water partition coefficient (Wildman–Crippen LogP) is 17.2. The number of anilines is 3. The van der Waals surface area contributed by atoms with Crippen LogP contribution >= 0.6 is 24.0 Å². The number of nitrogens with zero attached hydrogens (tertiary/aromatic N) is 2. The first-order chi connectivity index (χ1) is 31.1. The molecule has 11 aromatic rings. The number of thiazole rings is 1. The van der Waals surface area contributed by atoms with Crippen molar-refractivity contribution in [3.8, 4) is 66.2 Å². The van der Waals surface area contributed by atoms with Gasteiger partial charge in [0.05, 0.1) is 10.2 Å². The lowest BCUT2D eigenvalue weighted by Gasteiger charge is -2.28. The minimum Gasteiger partial charge on any atom is -0.310 e. The molecule has 4 heteroatoms. The first-order valence-corrected chi connectivity index (χ1v) is 22.4. The molecule has 0 N–H and O–H groups in total. The zero-order valence-electron chi connectivity index (χ0n) is 34.3. The molecule has 11 rings (SSSR count). The molecule has 0 saturated carbocycles. The van der Waals surface area contributed by atoms with E-state index in [1.807, 2.05) is 6.07 Å². The van der Waals surface area contributed by atoms with Gasteiger partial charge in [-0.25, -0.2) is 4.98 Å². The Balaban J connectivity index is 1.03. The molecule has 0 fully saturated rings. The van der Waals surface area contributed by atoms with Crippen molar-refractivity contribution in [2.45, 2.75) is 4.90 Å². The summed E-state index contributed by atoms with van der Waals surface area (Å²) in [4.78, 5) is 8.27. The number of hydrogen-bond acceptors (Lipinski definition) is 4. The quantitative estimate of drug-likeness (QED) is 0.146. The van der Waals surface area contributed by atoms with Gasteiger partial charge in [0.25, 0.3) is 0 Å². The fourth-order valence-electron chi connectivity index (χ4n) is 8.77. The third-order valence-electron chi connectivity index (χ3n) is 11.8. The van der Waals surface area contributed by atoms with E-state index in [4.69, 9.17) is 17.6 Å². The fraction of sp³-hybridized carbons (Fsp3) is 0. The molecule has 2 nitrogen and oxygen atoms in total. The van der Waals surface area contributed by atoms with Crippen molar-refractivity contribution in [3.63, 3.8) is 0 Å². The zero-order valence-corrected chi connectivity index (χ0v) is 36.0. The lowest BCUT2D eigenvalue weighted by Crippen LogP contribution is -2.10. The van der Waals surface area contributed by atoms with Gasteiger partial charge in [-0.1, -0.05) is 188 Å². The molecular formula is C59H40N2S2. The van der Waals surface area contributed by atoms with E-state index in [0.29, 0.717) is 0 Å². The average molecular weight is 841 g/mol. The molecule has 63 heavy (non-hydrogen) atoms. The molecule has 0 saturated heterocycles. The molecule has 0 amide bonds. The number of hydrogen-bond donors (Lipinski definition) is 1. The van der Waals surface area contributed by atoms with E-state index in [-0.39, 0.29) is 0 Å². The molecule has 0 aliphatic rings. The summed E-state index contributed by atoms with van der Waals surface area (Å²) in [7, 11) is 0. The van der Waals surface area contributed by atoms with Gasteiger partial charge in [-0.15, -0.1) is 24.0 Å². The largest absolute Gasteiger partial charge is 0.310 e. The Hall–Kier alpha value is -7.50. The number of aromatic nitrogens is 1. The number of rotatable bonds is 9. The topological polar surface area (TPSA) is 16.1 Å². The molecule has 0 radical (unpaired) electrons. The second-order valence-electron chi connectivity index (χ2n) is 15.7. The number of fused-ring (bicyclic) bond motifs is 2. The summed E-state index contributed by atoms with van der Waals surface area (Å²) in [5.74, 6) is 0. The van der Waals surface area contributed by atoms with Crippen LogP contribution in [0, 0.1) is 0 Å². The summed E-state index contributed by atoms with van der Waals surface area (Å²) in [5.41, 5.74) is 16.9. The summed E-state index contributed by atoms with van der Waals surface area (Å²) >= 11 is 6.76. The second-order valence-corrected chi connectivity index (χ2v) is 17.2. The number of thiol groups is 1. The zero-order chi connectivity index (χ0) is 42.1. The third kappa shape index (κ3) is 7.50. The van der Waals surface area contributed by atoms with Crippen molar-refractivity contribution in [1.82, 2.24) is 4.98 Å². The van der Waals surface area contributed by atoms with Crippen LogP contribution in [0.3, 0.4) is 0 Å². The molecule has 1 aromatic heterocycles. The number of benzene rings is 10. The van der Waals surface area contributed by atoms with Crippen LogP contribution in [-0.2, 0) is 0 Å². The highest BCUT2D eigenvalue weighted by Gasteiger charge is 2.19. The standard InChI is InChI=1S/C59H40N2S2/c62-57-39-56-58(63-59(60-56)44-21-8-3-9-22-44)38-55(57)52-28-13-12-27-50(52)43-30-32-46(33-31-43)61(47-25-14-24-45(36-47)40-16-4-1-5-17-40)48-34-35-53(54(37-48)42-18-6-2-7-19-42)51-29-15-23-41-20-10-11-26-49(41)51/h1-39,62H. The summed E-state index contributed by atoms with van der Waals surface area (Å²) in [6.45, 7) is 0. The summed E-state index contributed by atoms with van der Waals surface area (Å²) < 4.78 is 1.14.